The van der Waals surface area contributed by atoms with Crippen molar-refractivity contribution in [3.8, 4) is 131 Å². The smallest absolute Gasteiger partial charge is 0.243 e. The molecule has 0 amide bonds. The fourth-order valence-electron chi connectivity index (χ4n) is 10.6. The van der Waals surface area contributed by atoms with E-state index in [-0.39, 0.29) is 49.6 Å². The van der Waals surface area contributed by atoms with Crippen LogP contribution in [-0.2, 0) is 10.8 Å². The Labute approximate surface area is 506 Å². The van der Waals surface area contributed by atoms with Crippen LogP contribution in [0.3, 0.4) is 0 Å². The number of hydrogen-bond acceptors (Lipinski definition) is 1. The molecule has 0 bridgehead atoms. The van der Waals surface area contributed by atoms with Crippen LogP contribution in [0.2, 0.25) is 0 Å². The Kier molecular flexibility index (Phi) is 22.6. The maximum Gasteiger partial charge on any atom is 0.243 e. The van der Waals surface area contributed by atoms with Gasteiger partial charge >= 0.3 is 0 Å². The van der Waals surface area contributed by atoms with Crippen molar-refractivity contribution < 1.29 is 36.0 Å². The molecule has 0 radical (unpaired) electrons. The van der Waals surface area contributed by atoms with Gasteiger partial charge in [-0.15, -0.1) is 11.0 Å². The SMILES string of the molecule is C.C#CC#CC#CC#CC#CC#CC#CC#CC#CC#CC#C[N+]1=C(/C=C/C2=C(Cl)C(=C/C=C3/N(CCCCCCCCCCCCCC)c4ccc5ccccc5c4C3(C)C)/CCC2)C(C)(C)c2c1ccc1ccccc21.[HH].[HH].[HH].[HH].[HH].[HH].[HH].[HH].[HH].[HH].[HH].[HH].[HH].[HH].[HH].[HH].[HH].[HH].[HH].[HH].[HH].[HH]. The molecular formula is C75H112ClN2+. The monoisotopic (exact) mass is 1080 g/mol. The summed E-state index contributed by atoms with van der Waals surface area (Å²) in [6.45, 7) is 12.6. The van der Waals surface area contributed by atoms with Crippen LogP contribution in [-0.4, -0.2) is 16.8 Å². The molecule has 0 spiro atoms. The van der Waals surface area contributed by atoms with Crippen LogP contribution in [0.25, 0.3) is 21.5 Å². The number of rotatable bonds is 16. The van der Waals surface area contributed by atoms with Crippen molar-refractivity contribution in [3.63, 3.8) is 0 Å². The molecule has 3 heteroatoms. The Morgan fingerprint density at radius 3 is 1.59 bits per heavy atom. The molecule has 1 aliphatic carbocycles. The minimum Gasteiger partial charge on any atom is -0.344 e. The third-order valence-corrected chi connectivity index (χ3v) is 14.8. The number of allylic oxidation sites excluding steroid dienone is 8. The van der Waals surface area contributed by atoms with E-state index in [4.69, 9.17) is 18.0 Å². The zero-order valence-corrected chi connectivity index (χ0v) is 46.2. The minimum atomic E-state index is -0.376. The van der Waals surface area contributed by atoms with Gasteiger partial charge in [0.2, 0.25) is 17.4 Å². The van der Waals surface area contributed by atoms with Gasteiger partial charge < -0.3 is 4.90 Å². The lowest BCUT2D eigenvalue weighted by molar-refractivity contribution is -0.332. The first kappa shape index (κ1) is 58.5. The predicted molar refractivity (Wildman–Crippen MR) is 379 cm³/mol. The van der Waals surface area contributed by atoms with E-state index < -0.39 is 0 Å². The van der Waals surface area contributed by atoms with Gasteiger partial charge in [-0.05, 0) is 143 Å². The van der Waals surface area contributed by atoms with E-state index in [0.717, 1.165) is 47.8 Å². The van der Waals surface area contributed by atoms with Crippen LogP contribution in [0.15, 0.2) is 119 Å². The van der Waals surface area contributed by atoms with Crippen molar-refractivity contribution in [1.82, 2.24) is 0 Å². The molecule has 0 atom stereocenters. The second-order valence-electron chi connectivity index (χ2n) is 20.3. The summed E-state index contributed by atoms with van der Waals surface area (Å²) < 4.78 is 2.08. The zero-order valence-electron chi connectivity index (χ0n) is 45.4. The van der Waals surface area contributed by atoms with Crippen LogP contribution in [0, 0.1) is 131 Å². The third kappa shape index (κ3) is 15.2. The van der Waals surface area contributed by atoms with E-state index in [9.17, 15) is 0 Å². The van der Waals surface area contributed by atoms with Crippen LogP contribution in [0.4, 0.5) is 11.4 Å². The molecule has 0 N–H and O–H groups in total. The normalized spacial score (nSPS) is 14.8. The quantitative estimate of drug-likeness (QED) is 0.0616. The van der Waals surface area contributed by atoms with Crippen molar-refractivity contribution >= 4 is 50.2 Å². The lowest BCUT2D eigenvalue weighted by Gasteiger charge is -2.27. The molecule has 0 saturated heterocycles. The summed E-state index contributed by atoms with van der Waals surface area (Å²) in [5.41, 5.74) is 9.15. The molecule has 4 aromatic rings. The van der Waals surface area contributed by atoms with Gasteiger partial charge in [-0.3, -0.25) is 0 Å². The summed E-state index contributed by atoms with van der Waals surface area (Å²) >= 11 is 7.48. The highest BCUT2D eigenvalue weighted by Gasteiger charge is 2.46. The number of terminal acetylenes is 1. The van der Waals surface area contributed by atoms with Crippen LogP contribution < -0.4 is 4.90 Å². The molecule has 428 valence electrons. The van der Waals surface area contributed by atoms with Crippen LogP contribution >= 0.6 is 11.6 Å². The number of nitrogens with zero attached hydrogens (tertiary/aromatic N) is 2. The van der Waals surface area contributed by atoms with E-state index in [2.05, 4.69) is 266 Å². The number of hydrogen-bond donors (Lipinski definition) is 0. The van der Waals surface area contributed by atoms with E-state index in [1.807, 2.05) is 0 Å². The summed E-state index contributed by atoms with van der Waals surface area (Å²) in [6.07, 6.45) is 33.1. The summed E-state index contributed by atoms with van der Waals surface area (Å²) in [4.78, 5) is 2.62. The Morgan fingerprint density at radius 2 is 1.04 bits per heavy atom. The van der Waals surface area contributed by atoms with Crippen molar-refractivity contribution in [3.05, 3.63) is 130 Å². The third-order valence-electron chi connectivity index (χ3n) is 14.3. The van der Waals surface area contributed by atoms with Crippen molar-refractivity contribution in [2.45, 2.75) is 149 Å². The molecule has 2 heterocycles. The Balaban J connectivity index is -0.000000200. The number of unbranched alkanes of at least 4 members (excludes halogenated alkanes) is 11. The number of benzene rings is 4. The lowest BCUT2D eigenvalue weighted by Crippen LogP contribution is -2.27. The maximum atomic E-state index is 7.48. The van der Waals surface area contributed by atoms with Gasteiger partial charge in [0.25, 0.3) is 0 Å². The van der Waals surface area contributed by atoms with E-state index in [1.165, 1.54) is 127 Å². The number of halogens is 1. The second kappa shape index (κ2) is 30.1. The molecule has 2 aliphatic heterocycles. The predicted octanol–water partition coefficient (Wildman–Crippen LogP) is 21.6. The van der Waals surface area contributed by atoms with Crippen LogP contribution in [0.5, 0.6) is 0 Å². The van der Waals surface area contributed by atoms with E-state index in [1.54, 1.807) is 0 Å². The van der Waals surface area contributed by atoms with Gasteiger partial charge in [0.05, 0.1) is 11.3 Å². The van der Waals surface area contributed by atoms with Gasteiger partial charge in [-0.2, -0.15) is 0 Å². The molecule has 0 aromatic heterocycles. The average molecular weight is 1080 g/mol. The Bertz CT molecular complexity index is 3880. The highest BCUT2D eigenvalue weighted by molar-refractivity contribution is 6.32. The first-order valence-electron chi connectivity index (χ1n) is 27.1. The minimum absolute atomic E-state index is 0. The van der Waals surface area contributed by atoms with Gasteiger partial charge in [0.15, 0.2) is 0 Å². The van der Waals surface area contributed by atoms with E-state index >= 15 is 0 Å². The molecule has 0 fully saturated rings. The fraction of sp³-hybridized carbons (Fsp3) is 0.320. The summed E-state index contributed by atoms with van der Waals surface area (Å²) in [6, 6.07) is 29.7. The highest BCUT2D eigenvalue weighted by Crippen LogP contribution is 2.51. The molecule has 3 aliphatic rings. The van der Waals surface area contributed by atoms with E-state index in [0.29, 0.717) is 0 Å². The summed E-state index contributed by atoms with van der Waals surface area (Å²) in [5.74, 6) is 52.1. The maximum absolute atomic E-state index is 7.48. The first-order valence-corrected chi connectivity index (χ1v) is 27.5. The van der Waals surface area contributed by atoms with Gasteiger partial charge in [-0.1, -0.05) is 177 Å². The molecule has 0 unspecified atom stereocenters. The second-order valence-corrected chi connectivity index (χ2v) is 20.7. The standard InChI is InChI=1S/C74H64ClN2.CH4.22H2/c1-7-9-11-13-15-17-19-21-22-23-24-25-26-27-28-30-32-34-36-42-59-77-67-55-51-61-45-38-40-49-65(61)71(67)74(5,6)69(77)57-53-63-47-43-46-62(72(63)75)52-56-68-73(3,4)70-64-48-39-37-44-60(64)50-54-66(70)76(68)58-41-35-33-31-29-20-18-16-14-12-10-8-2;;;;;;;;;;;;;;;;;;;;;;;/h1,37-40,44-45,48-57H,8,10,12,14,16,18,20,29,31,33,35,41,43,46-47,58H2,2-6H3;1H4;22*1H/q+1;;;;;;;;;;;;;;;;;;;;;;;. The van der Waals surface area contributed by atoms with Crippen LogP contribution in [0.1, 0.15) is 181 Å². The zero-order chi connectivity index (χ0) is 54.1. The molecule has 7 rings (SSSR count). The highest BCUT2D eigenvalue weighted by atomic mass is 35.5. The number of fused-ring (bicyclic) bond motifs is 6. The Hall–Kier alpha value is -8.72. The Morgan fingerprint density at radius 1 is 0.551 bits per heavy atom. The first-order chi connectivity index (χ1) is 37.7. The molecular weight excluding hydrogens is 964 g/mol. The van der Waals surface area contributed by atoms with Crippen molar-refractivity contribution in [2.75, 3.05) is 11.4 Å². The van der Waals surface area contributed by atoms with Gasteiger partial charge in [0.1, 0.15) is 0 Å². The molecule has 4 aromatic carbocycles. The fourth-order valence-corrected chi connectivity index (χ4v) is 11.0. The molecule has 78 heavy (non-hydrogen) atoms. The summed E-state index contributed by atoms with van der Waals surface area (Å²) in [5, 5.41) is 5.85. The van der Waals surface area contributed by atoms with Gasteiger partial charge in [-0.25, -0.2) is 0 Å². The molecule has 0 saturated carbocycles. The lowest BCUT2D eigenvalue weighted by atomic mass is 9.78. The topological polar surface area (TPSA) is 6.25 Å². The number of anilines is 1. The van der Waals surface area contributed by atoms with Gasteiger partial charge in [0, 0.05) is 143 Å². The largest absolute Gasteiger partial charge is 0.344 e. The van der Waals surface area contributed by atoms with Crippen molar-refractivity contribution in [2.24, 2.45) is 0 Å². The van der Waals surface area contributed by atoms with Crippen molar-refractivity contribution in [1.29, 1.82) is 0 Å². The summed E-state index contributed by atoms with van der Waals surface area (Å²) in [7, 11) is 0. The molecule has 2 nitrogen and oxygen atoms in total. The average Bonchev–Trinajstić information content (AvgIpc) is 1.58.